The minimum Gasteiger partial charge on any atom is -0.377 e. The lowest BCUT2D eigenvalue weighted by Crippen LogP contribution is -2.34. The summed E-state index contributed by atoms with van der Waals surface area (Å²) in [5.74, 6) is 0.911. The lowest BCUT2D eigenvalue weighted by Gasteiger charge is -2.19. The van der Waals surface area contributed by atoms with Gasteiger partial charge in [-0.3, -0.25) is 9.69 Å². The second-order valence-corrected chi connectivity index (χ2v) is 4.09. The minimum atomic E-state index is 0.184. The molecule has 0 amide bonds. The van der Waals surface area contributed by atoms with Crippen LogP contribution in [0.2, 0.25) is 0 Å². The molecular formula is C10H19NO2. The molecule has 1 aliphatic rings. The molecule has 0 aromatic carbocycles. The number of hydrogen-bond donors (Lipinski definition) is 0. The predicted octanol–water partition coefficient (Wildman–Crippen LogP) is 0.932. The first kappa shape index (κ1) is 10.7. The highest BCUT2D eigenvalue weighted by atomic mass is 16.5. The molecule has 1 heterocycles. The van der Waals surface area contributed by atoms with E-state index < -0.39 is 0 Å². The van der Waals surface area contributed by atoms with Crippen LogP contribution in [0.1, 0.15) is 20.3 Å². The zero-order valence-corrected chi connectivity index (χ0v) is 8.75. The zero-order chi connectivity index (χ0) is 9.84. The number of likely N-dealkylation sites (tertiary alicyclic amines) is 1. The molecule has 13 heavy (non-hydrogen) atoms. The van der Waals surface area contributed by atoms with E-state index in [9.17, 15) is 4.79 Å². The Morgan fingerprint density at radius 3 is 2.69 bits per heavy atom. The maximum absolute atomic E-state index is 11.3. The summed E-state index contributed by atoms with van der Waals surface area (Å²) >= 11 is 0. The SMILES string of the molecule is COCC(=O)CN1CC(C)CC1C. The van der Waals surface area contributed by atoms with Gasteiger partial charge in [0.15, 0.2) is 5.78 Å². The standard InChI is InChI=1S/C10H19NO2/c1-8-4-9(2)11(5-8)6-10(12)7-13-3/h8-9H,4-7H2,1-3H3. The fraction of sp³-hybridized carbons (Fsp3) is 0.900. The van der Waals surface area contributed by atoms with Crippen LogP contribution in [-0.4, -0.2) is 43.5 Å². The van der Waals surface area contributed by atoms with Gasteiger partial charge in [0, 0.05) is 19.7 Å². The second kappa shape index (κ2) is 4.72. The van der Waals surface area contributed by atoms with Gasteiger partial charge in [-0.25, -0.2) is 0 Å². The Morgan fingerprint density at radius 1 is 1.54 bits per heavy atom. The summed E-state index contributed by atoms with van der Waals surface area (Å²) < 4.78 is 4.80. The average Bonchev–Trinajstić information content (AvgIpc) is 2.30. The molecule has 0 aromatic rings. The number of carbonyl (C=O) groups excluding carboxylic acids is 1. The molecule has 3 heteroatoms. The lowest BCUT2D eigenvalue weighted by atomic mass is 10.1. The van der Waals surface area contributed by atoms with Crippen molar-refractivity contribution >= 4 is 5.78 Å². The van der Waals surface area contributed by atoms with E-state index >= 15 is 0 Å². The van der Waals surface area contributed by atoms with E-state index in [1.807, 2.05) is 0 Å². The van der Waals surface area contributed by atoms with Gasteiger partial charge in [0.25, 0.3) is 0 Å². The largest absolute Gasteiger partial charge is 0.377 e. The van der Waals surface area contributed by atoms with Gasteiger partial charge >= 0.3 is 0 Å². The van der Waals surface area contributed by atoms with Crippen LogP contribution in [-0.2, 0) is 9.53 Å². The zero-order valence-electron chi connectivity index (χ0n) is 8.75. The van der Waals surface area contributed by atoms with Crippen molar-refractivity contribution in [3.63, 3.8) is 0 Å². The lowest BCUT2D eigenvalue weighted by molar-refractivity contribution is -0.123. The van der Waals surface area contributed by atoms with Gasteiger partial charge < -0.3 is 4.74 Å². The van der Waals surface area contributed by atoms with Crippen molar-refractivity contribution in [2.75, 3.05) is 26.8 Å². The van der Waals surface area contributed by atoms with E-state index in [0.29, 0.717) is 12.6 Å². The highest BCUT2D eigenvalue weighted by Gasteiger charge is 2.26. The highest BCUT2D eigenvalue weighted by molar-refractivity contribution is 5.81. The van der Waals surface area contributed by atoms with Crippen LogP contribution in [0.25, 0.3) is 0 Å². The van der Waals surface area contributed by atoms with Crippen LogP contribution in [0.15, 0.2) is 0 Å². The maximum Gasteiger partial charge on any atom is 0.172 e. The monoisotopic (exact) mass is 185 g/mol. The molecule has 1 aliphatic heterocycles. The fourth-order valence-electron chi connectivity index (χ4n) is 2.04. The summed E-state index contributed by atoms with van der Waals surface area (Å²) in [6, 6.07) is 0.552. The highest BCUT2D eigenvalue weighted by Crippen LogP contribution is 2.21. The smallest absolute Gasteiger partial charge is 0.172 e. The van der Waals surface area contributed by atoms with E-state index in [0.717, 1.165) is 12.5 Å². The topological polar surface area (TPSA) is 29.5 Å². The summed E-state index contributed by atoms with van der Waals surface area (Å²) in [5, 5.41) is 0. The third kappa shape index (κ3) is 3.08. The predicted molar refractivity (Wildman–Crippen MR) is 51.7 cm³/mol. The number of Topliss-reactive ketones (excluding diaryl/α,β-unsaturated/α-hetero) is 1. The molecule has 0 saturated carbocycles. The Morgan fingerprint density at radius 2 is 2.23 bits per heavy atom. The summed E-state index contributed by atoms with van der Waals surface area (Å²) in [4.78, 5) is 13.5. The molecule has 1 saturated heterocycles. The van der Waals surface area contributed by atoms with Gasteiger partial charge in [-0.15, -0.1) is 0 Å². The molecule has 0 radical (unpaired) electrons. The quantitative estimate of drug-likeness (QED) is 0.652. The van der Waals surface area contributed by atoms with Crippen molar-refractivity contribution in [2.24, 2.45) is 5.92 Å². The Hall–Kier alpha value is -0.410. The molecular weight excluding hydrogens is 166 g/mol. The van der Waals surface area contributed by atoms with Crippen molar-refractivity contribution in [2.45, 2.75) is 26.3 Å². The molecule has 0 aliphatic carbocycles. The third-order valence-corrected chi connectivity index (χ3v) is 2.60. The van der Waals surface area contributed by atoms with Gasteiger partial charge in [0.05, 0.1) is 6.54 Å². The molecule has 3 nitrogen and oxygen atoms in total. The Labute approximate surface area is 80.1 Å². The number of methoxy groups -OCH3 is 1. The Bertz CT molecular complexity index is 182. The molecule has 0 N–H and O–H groups in total. The number of carbonyl (C=O) groups is 1. The molecule has 76 valence electrons. The van der Waals surface area contributed by atoms with Crippen LogP contribution in [0.4, 0.5) is 0 Å². The van der Waals surface area contributed by atoms with E-state index in [1.54, 1.807) is 7.11 Å². The fourth-order valence-corrected chi connectivity index (χ4v) is 2.04. The number of rotatable bonds is 4. The third-order valence-electron chi connectivity index (χ3n) is 2.60. The molecule has 2 atom stereocenters. The Kier molecular flexibility index (Phi) is 3.88. The number of ketones is 1. The molecule has 0 aromatic heterocycles. The van der Waals surface area contributed by atoms with Gasteiger partial charge in [0.1, 0.15) is 6.61 Å². The van der Waals surface area contributed by atoms with Gasteiger partial charge in [0.2, 0.25) is 0 Å². The summed E-state index contributed by atoms with van der Waals surface area (Å²) in [6.45, 7) is 6.27. The van der Waals surface area contributed by atoms with Gasteiger partial charge in [-0.2, -0.15) is 0 Å². The van der Waals surface area contributed by atoms with Crippen molar-refractivity contribution in [3.8, 4) is 0 Å². The van der Waals surface area contributed by atoms with Crippen molar-refractivity contribution in [1.29, 1.82) is 0 Å². The number of hydrogen-bond acceptors (Lipinski definition) is 3. The Balaban J connectivity index is 2.32. The van der Waals surface area contributed by atoms with Crippen molar-refractivity contribution in [3.05, 3.63) is 0 Å². The molecule has 2 unspecified atom stereocenters. The van der Waals surface area contributed by atoms with Crippen LogP contribution in [0, 0.1) is 5.92 Å². The van der Waals surface area contributed by atoms with E-state index in [1.165, 1.54) is 6.42 Å². The minimum absolute atomic E-state index is 0.184. The summed E-state index contributed by atoms with van der Waals surface area (Å²) in [6.07, 6.45) is 1.21. The van der Waals surface area contributed by atoms with Crippen LogP contribution >= 0.6 is 0 Å². The molecule has 0 spiro atoms. The van der Waals surface area contributed by atoms with Crippen LogP contribution in [0.5, 0.6) is 0 Å². The van der Waals surface area contributed by atoms with Crippen molar-refractivity contribution in [1.82, 2.24) is 4.90 Å². The first-order chi connectivity index (χ1) is 6.13. The maximum atomic E-state index is 11.3. The van der Waals surface area contributed by atoms with Crippen molar-refractivity contribution < 1.29 is 9.53 Å². The molecule has 1 rings (SSSR count). The number of ether oxygens (including phenoxy) is 1. The summed E-state index contributed by atoms with van der Waals surface area (Å²) in [7, 11) is 1.56. The number of nitrogens with zero attached hydrogens (tertiary/aromatic N) is 1. The van der Waals surface area contributed by atoms with E-state index in [-0.39, 0.29) is 12.4 Å². The summed E-state index contributed by atoms with van der Waals surface area (Å²) in [5.41, 5.74) is 0. The van der Waals surface area contributed by atoms with Crippen LogP contribution in [0.3, 0.4) is 0 Å². The molecule has 1 fully saturated rings. The van der Waals surface area contributed by atoms with Crippen LogP contribution < -0.4 is 0 Å². The van der Waals surface area contributed by atoms with E-state index in [2.05, 4.69) is 18.7 Å². The van der Waals surface area contributed by atoms with Gasteiger partial charge in [-0.05, 0) is 19.3 Å². The first-order valence-electron chi connectivity index (χ1n) is 4.88. The first-order valence-corrected chi connectivity index (χ1v) is 4.88. The average molecular weight is 185 g/mol. The van der Waals surface area contributed by atoms with E-state index in [4.69, 9.17) is 4.74 Å². The normalized spacial score (nSPS) is 29.5. The molecule has 0 bridgehead atoms. The van der Waals surface area contributed by atoms with Gasteiger partial charge in [-0.1, -0.05) is 6.92 Å². The second-order valence-electron chi connectivity index (χ2n) is 4.09.